The number of unbranched alkanes of at least 4 members (excludes halogenated alkanes) is 7. The van der Waals surface area contributed by atoms with E-state index in [1.165, 1.54) is 5.69 Å². The minimum absolute atomic E-state index is 0.0758. The van der Waals surface area contributed by atoms with Crippen molar-refractivity contribution < 1.29 is 34.1 Å². The van der Waals surface area contributed by atoms with Gasteiger partial charge in [0, 0.05) is 25.2 Å². The lowest BCUT2D eigenvalue weighted by Crippen LogP contribution is -2.21. The standard InChI is InChI=1S/C35H43N3O7/c1-3-38(4-2)30-18-14-28(15-19-30)36-37-29-16-20-31(21-17-29)44-22-12-10-8-6-5-7-9-11-13-33(39)45-32-24-26(34(40)41)23-27(25-32)35(42)43/h14-21,23-25H,3-13,22H2,1-2H3,(H,40,41)(H,42,43). The minimum atomic E-state index is -1.29. The van der Waals surface area contributed by atoms with Crippen LogP contribution in [0.2, 0.25) is 0 Å². The third-order valence-electron chi connectivity index (χ3n) is 7.27. The van der Waals surface area contributed by atoms with Crippen molar-refractivity contribution in [2.24, 2.45) is 10.2 Å². The Hall–Kier alpha value is -4.73. The maximum atomic E-state index is 12.1. The molecule has 0 bridgehead atoms. The molecule has 0 fully saturated rings. The van der Waals surface area contributed by atoms with Crippen LogP contribution in [0.15, 0.2) is 77.0 Å². The van der Waals surface area contributed by atoms with E-state index in [1.54, 1.807) is 0 Å². The van der Waals surface area contributed by atoms with Crippen LogP contribution in [0, 0.1) is 0 Å². The van der Waals surface area contributed by atoms with Gasteiger partial charge in [-0.15, -0.1) is 0 Å². The van der Waals surface area contributed by atoms with Crippen molar-refractivity contribution in [2.45, 2.75) is 71.6 Å². The number of rotatable bonds is 20. The Labute approximate surface area is 264 Å². The van der Waals surface area contributed by atoms with Crippen molar-refractivity contribution in [3.8, 4) is 11.5 Å². The summed E-state index contributed by atoms with van der Waals surface area (Å²) < 4.78 is 11.0. The molecule has 0 atom stereocenters. The van der Waals surface area contributed by atoms with Gasteiger partial charge in [0.15, 0.2) is 0 Å². The first-order valence-corrected chi connectivity index (χ1v) is 15.6. The monoisotopic (exact) mass is 617 g/mol. The number of aromatic carboxylic acids is 2. The minimum Gasteiger partial charge on any atom is -0.494 e. The number of carboxylic acid groups (broad SMARTS) is 2. The number of carbonyl (C=O) groups is 3. The predicted molar refractivity (Wildman–Crippen MR) is 174 cm³/mol. The summed E-state index contributed by atoms with van der Waals surface area (Å²) in [4.78, 5) is 36.8. The molecular formula is C35H43N3O7. The predicted octanol–water partition coefficient (Wildman–Crippen LogP) is 8.84. The summed E-state index contributed by atoms with van der Waals surface area (Å²) in [5, 5.41) is 26.9. The number of benzene rings is 3. The van der Waals surface area contributed by atoms with Crippen LogP contribution in [0.4, 0.5) is 17.1 Å². The van der Waals surface area contributed by atoms with Gasteiger partial charge in [0.05, 0.1) is 29.1 Å². The van der Waals surface area contributed by atoms with Crippen molar-refractivity contribution >= 4 is 35.0 Å². The highest BCUT2D eigenvalue weighted by Crippen LogP contribution is 2.24. The molecular weight excluding hydrogens is 574 g/mol. The van der Waals surface area contributed by atoms with Crippen LogP contribution in [-0.2, 0) is 4.79 Å². The molecule has 0 unspecified atom stereocenters. The van der Waals surface area contributed by atoms with E-state index in [-0.39, 0.29) is 23.3 Å². The summed E-state index contributed by atoms with van der Waals surface area (Å²) in [5.74, 6) is -2.35. The number of hydrogen-bond acceptors (Lipinski definition) is 8. The lowest BCUT2D eigenvalue weighted by Gasteiger charge is -2.20. The van der Waals surface area contributed by atoms with Crippen molar-refractivity contribution in [3.63, 3.8) is 0 Å². The molecule has 10 nitrogen and oxygen atoms in total. The molecule has 0 spiro atoms. The van der Waals surface area contributed by atoms with Crippen LogP contribution < -0.4 is 14.4 Å². The molecule has 0 radical (unpaired) electrons. The molecule has 0 saturated heterocycles. The molecule has 0 aromatic heterocycles. The van der Waals surface area contributed by atoms with Crippen molar-refractivity contribution in [3.05, 3.63) is 77.9 Å². The summed E-state index contributed by atoms with van der Waals surface area (Å²) in [7, 11) is 0. The molecule has 0 saturated carbocycles. The van der Waals surface area contributed by atoms with Gasteiger partial charge in [-0.1, -0.05) is 38.5 Å². The van der Waals surface area contributed by atoms with E-state index in [4.69, 9.17) is 19.7 Å². The van der Waals surface area contributed by atoms with Gasteiger partial charge in [-0.2, -0.15) is 10.2 Å². The molecule has 0 aliphatic heterocycles. The van der Waals surface area contributed by atoms with Gasteiger partial charge in [0.2, 0.25) is 0 Å². The van der Waals surface area contributed by atoms with Crippen molar-refractivity contribution in [1.82, 2.24) is 0 Å². The summed E-state index contributed by atoms with van der Waals surface area (Å²) in [6, 6.07) is 19.0. The highest BCUT2D eigenvalue weighted by atomic mass is 16.5. The fourth-order valence-electron chi connectivity index (χ4n) is 4.75. The van der Waals surface area contributed by atoms with E-state index < -0.39 is 17.9 Å². The van der Waals surface area contributed by atoms with E-state index in [0.717, 1.165) is 93.4 Å². The van der Waals surface area contributed by atoms with E-state index in [1.807, 2.05) is 36.4 Å². The van der Waals surface area contributed by atoms with Gasteiger partial charge in [-0.05, 0) is 93.4 Å². The quantitative estimate of drug-likeness (QED) is 0.0555. The number of carbonyl (C=O) groups excluding carboxylic acids is 1. The molecule has 0 heterocycles. The van der Waals surface area contributed by atoms with E-state index in [9.17, 15) is 14.4 Å². The molecule has 3 aromatic carbocycles. The molecule has 240 valence electrons. The normalized spacial score (nSPS) is 11.0. The maximum absolute atomic E-state index is 12.1. The Balaban J connectivity index is 1.22. The number of ether oxygens (including phenoxy) is 2. The highest BCUT2D eigenvalue weighted by Gasteiger charge is 2.14. The number of esters is 1. The van der Waals surface area contributed by atoms with Gasteiger partial charge < -0.3 is 24.6 Å². The SMILES string of the molecule is CCN(CC)c1ccc(N=Nc2ccc(OCCCCCCCCCCC(=O)Oc3cc(C(=O)O)cc(C(=O)O)c3)cc2)cc1. The van der Waals surface area contributed by atoms with Crippen LogP contribution in [0.1, 0.15) is 92.4 Å². The van der Waals surface area contributed by atoms with E-state index in [0.29, 0.717) is 13.0 Å². The van der Waals surface area contributed by atoms with Crippen LogP contribution in [0.5, 0.6) is 11.5 Å². The number of anilines is 1. The zero-order valence-electron chi connectivity index (χ0n) is 26.1. The number of azo groups is 1. The smallest absolute Gasteiger partial charge is 0.335 e. The molecule has 3 aromatic rings. The van der Waals surface area contributed by atoms with Gasteiger partial charge in [-0.3, -0.25) is 4.79 Å². The lowest BCUT2D eigenvalue weighted by molar-refractivity contribution is -0.134. The van der Waals surface area contributed by atoms with Crippen LogP contribution in [0.3, 0.4) is 0 Å². The third kappa shape index (κ3) is 12.4. The van der Waals surface area contributed by atoms with Gasteiger partial charge in [0.25, 0.3) is 0 Å². The Kier molecular flexibility index (Phi) is 14.5. The first kappa shape index (κ1) is 34.8. The third-order valence-corrected chi connectivity index (χ3v) is 7.27. The first-order chi connectivity index (χ1) is 21.8. The Morgan fingerprint density at radius 2 is 1.13 bits per heavy atom. The van der Waals surface area contributed by atoms with Crippen molar-refractivity contribution in [2.75, 3.05) is 24.6 Å². The fourth-order valence-corrected chi connectivity index (χ4v) is 4.75. The number of hydrogen-bond donors (Lipinski definition) is 2. The molecule has 0 amide bonds. The zero-order valence-corrected chi connectivity index (χ0v) is 26.1. The second-order valence-corrected chi connectivity index (χ2v) is 10.6. The van der Waals surface area contributed by atoms with E-state index in [2.05, 4.69) is 41.1 Å². The number of nitrogens with zero attached hydrogens (tertiary/aromatic N) is 3. The van der Waals surface area contributed by atoms with Crippen molar-refractivity contribution in [1.29, 1.82) is 0 Å². The summed E-state index contributed by atoms with van der Waals surface area (Å²) >= 11 is 0. The maximum Gasteiger partial charge on any atom is 0.335 e. The molecule has 3 rings (SSSR count). The van der Waals surface area contributed by atoms with E-state index >= 15 is 0 Å². The Bertz CT molecular complexity index is 1370. The van der Waals surface area contributed by atoms with Crippen LogP contribution in [-0.4, -0.2) is 47.8 Å². The zero-order chi connectivity index (χ0) is 32.4. The first-order valence-electron chi connectivity index (χ1n) is 15.6. The van der Waals surface area contributed by atoms with Gasteiger partial charge in [0.1, 0.15) is 11.5 Å². The summed E-state index contributed by atoms with van der Waals surface area (Å²) in [6.07, 6.45) is 8.10. The average Bonchev–Trinajstić information content (AvgIpc) is 3.04. The summed E-state index contributed by atoms with van der Waals surface area (Å²) in [5.41, 5.74) is 2.27. The molecule has 45 heavy (non-hydrogen) atoms. The molecule has 2 N–H and O–H groups in total. The second kappa shape index (κ2) is 18.8. The average molecular weight is 618 g/mol. The van der Waals surface area contributed by atoms with Gasteiger partial charge >= 0.3 is 17.9 Å². The molecule has 10 heteroatoms. The fraction of sp³-hybridized carbons (Fsp3) is 0.400. The molecule has 0 aliphatic carbocycles. The second-order valence-electron chi connectivity index (χ2n) is 10.6. The Morgan fingerprint density at radius 1 is 0.644 bits per heavy atom. The largest absolute Gasteiger partial charge is 0.494 e. The van der Waals surface area contributed by atoms with Crippen LogP contribution in [0.25, 0.3) is 0 Å². The van der Waals surface area contributed by atoms with Crippen LogP contribution >= 0.6 is 0 Å². The lowest BCUT2D eigenvalue weighted by atomic mass is 10.1. The summed E-state index contributed by atoms with van der Waals surface area (Å²) in [6.45, 7) is 6.88. The Morgan fingerprint density at radius 3 is 1.64 bits per heavy atom. The topological polar surface area (TPSA) is 138 Å². The number of carboxylic acids is 2. The van der Waals surface area contributed by atoms with Gasteiger partial charge in [-0.25, -0.2) is 9.59 Å². The highest BCUT2D eigenvalue weighted by molar-refractivity contribution is 5.94. The molecule has 0 aliphatic rings.